The van der Waals surface area contributed by atoms with Gasteiger partial charge in [-0.05, 0) is 42.3 Å². The summed E-state index contributed by atoms with van der Waals surface area (Å²) in [5.41, 5.74) is 2.46. The van der Waals surface area contributed by atoms with Crippen molar-refractivity contribution in [2.75, 3.05) is 7.05 Å². The monoisotopic (exact) mass is 284 g/mol. The van der Waals surface area contributed by atoms with Crippen molar-refractivity contribution in [3.8, 4) is 0 Å². The zero-order valence-electron chi connectivity index (χ0n) is 12.1. The van der Waals surface area contributed by atoms with Crippen LogP contribution in [0.3, 0.4) is 0 Å². The van der Waals surface area contributed by atoms with E-state index in [0.717, 1.165) is 16.8 Å². The number of nitrogens with zero attached hydrogens (tertiary/aromatic N) is 2. The Labute approximate surface area is 123 Å². The molecule has 4 heteroatoms. The molecule has 0 aliphatic rings. The van der Waals surface area contributed by atoms with Gasteiger partial charge in [0.2, 0.25) is 5.91 Å². The summed E-state index contributed by atoms with van der Waals surface area (Å²) in [7, 11) is 1.73. The van der Waals surface area contributed by atoms with Gasteiger partial charge in [0.1, 0.15) is 5.82 Å². The molecule has 21 heavy (non-hydrogen) atoms. The van der Waals surface area contributed by atoms with E-state index >= 15 is 0 Å². The Balaban J connectivity index is 2.05. The van der Waals surface area contributed by atoms with Crippen LogP contribution in [0.5, 0.6) is 0 Å². The molecule has 0 saturated heterocycles. The second-order valence-corrected chi connectivity index (χ2v) is 4.85. The van der Waals surface area contributed by atoms with Crippen LogP contribution in [0.2, 0.25) is 0 Å². The first kappa shape index (κ1) is 14.9. The quantitative estimate of drug-likeness (QED) is 0.807. The highest BCUT2D eigenvalue weighted by Gasteiger charge is 2.08. The predicted molar refractivity (Wildman–Crippen MR) is 80.8 cm³/mol. The third-order valence-electron chi connectivity index (χ3n) is 3.14. The number of hydrogen-bond acceptors (Lipinski definition) is 2. The van der Waals surface area contributed by atoms with Gasteiger partial charge in [0.25, 0.3) is 0 Å². The van der Waals surface area contributed by atoms with Crippen LogP contribution < -0.4 is 0 Å². The lowest BCUT2D eigenvalue weighted by Gasteiger charge is -2.15. The molecule has 0 spiro atoms. The number of amides is 1. The van der Waals surface area contributed by atoms with Crippen LogP contribution in [0.25, 0.3) is 5.57 Å². The van der Waals surface area contributed by atoms with Crippen LogP contribution in [0.4, 0.5) is 4.39 Å². The average Bonchev–Trinajstić information content (AvgIpc) is 2.48. The second-order valence-electron chi connectivity index (χ2n) is 4.85. The van der Waals surface area contributed by atoms with E-state index in [1.165, 1.54) is 12.1 Å². The van der Waals surface area contributed by atoms with E-state index < -0.39 is 0 Å². The minimum Gasteiger partial charge on any atom is -0.336 e. The minimum atomic E-state index is -0.287. The summed E-state index contributed by atoms with van der Waals surface area (Å²) in [5.74, 6) is -0.396. The third-order valence-corrected chi connectivity index (χ3v) is 3.14. The summed E-state index contributed by atoms with van der Waals surface area (Å²) < 4.78 is 12.9. The van der Waals surface area contributed by atoms with Gasteiger partial charge in [-0.25, -0.2) is 4.39 Å². The lowest BCUT2D eigenvalue weighted by molar-refractivity contribution is -0.125. The van der Waals surface area contributed by atoms with Crippen LogP contribution in [0.1, 0.15) is 18.2 Å². The SMILES string of the molecule is C/C(=C\C(=O)N(C)Cc1ccccn1)c1ccc(F)cc1. The van der Waals surface area contributed by atoms with Crippen molar-refractivity contribution in [3.63, 3.8) is 0 Å². The Morgan fingerprint density at radius 3 is 2.57 bits per heavy atom. The maximum absolute atomic E-state index is 12.9. The molecule has 0 bridgehead atoms. The first-order valence-electron chi connectivity index (χ1n) is 6.65. The summed E-state index contributed by atoms with van der Waals surface area (Å²) in [4.78, 5) is 17.9. The molecule has 1 aromatic carbocycles. The summed E-state index contributed by atoms with van der Waals surface area (Å²) in [6.45, 7) is 2.28. The van der Waals surface area contributed by atoms with E-state index in [-0.39, 0.29) is 11.7 Å². The van der Waals surface area contributed by atoms with E-state index in [1.54, 1.807) is 36.4 Å². The Kier molecular flexibility index (Phi) is 4.82. The van der Waals surface area contributed by atoms with E-state index in [4.69, 9.17) is 0 Å². The van der Waals surface area contributed by atoms with Crippen LogP contribution in [-0.2, 0) is 11.3 Å². The number of hydrogen-bond donors (Lipinski definition) is 0. The molecular formula is C17H17FN2O. The zero-order valence-corrected chi connectivity index (χ0v) is 12.1. The highest BCUT2D eigenvalue weighted by Crippen LogP contribution is 2.14. The third kappa shape index (κ3) is 4.24. The fourth-order valence-corrected chi connectivity index (χ4v) is 1.90. The standard InChI is InChI=1S/C17H17FN2O/c1-13(14-6-8-15(18)9-7-14)11-17(21)20(2)12-16-5-3-4-10-19-16/h3-11H,12H2,1-2H3/b13-11+. The van der Waals surface area contributed by atoms with Crippen molar-refractivity contribution >= 4 is 11.5 Å². The van der Waals surface area contributed by atoms with Gasteiger partial charge in [0.15, 0.2) is 0 Å². The number of carbonyl (C=O) groups excluding carboxylic acids is 1. The fourth-order valence-electron chi connectivity index (χ4n) is 1.90. The molecule has 2 rings (SSSR count). The van der Waals surface area contributed by atoms with Crippen LogP contribution in [0, 0.1) is 5.82 Å². The molecule has 0 unspecified atom stereocenters. The molecule has 3 nitrogen and oxygen atoms in total. The molecule has 0 aliphatic heterocycles. The van der Waals surface area contributed by atoms with Gasteiger partial charge in [-0.2, -0.15) is 0 Å². The lowest BCUT2D eigenvalue weighted by Crippen LogP contribution is -2.24. The minimum absolute atomic E-state index is 0.109. The largest absolute Gasteiger partial charge is 0.336 e. The summed E-state index contributed by atoms with van der Waals surface area (Å²) in [6, 6.07) is 11.7. The fraction of sp³-hybridized carbons (Fsp3) is 0.176. The Bertz CT molecular complexity index is 636. The molecule has 0 N–H and O–H groups in total. The molecule has 1 heterocycles. The molecular weight excluding hydrogens is 267 g/mol. The number of carbonyl (C=O) groups is 1. The zero-order chi connectivity index (χ0) is 15.2. The number of halogens is 1. The Morgan fingerprint density at radius 2 is 1.95 bits per heavy atom. The van der Waals surface area contributed by atoms with Gasteiger partial charge in [-0.3, -0.25) is 9.78 Å². The highest BCUT2D eigenvalue weighted by atomic mass is 19.1. The topological polar surface area (TPSA) is 33.2 Å². The lowest BCUT2D eigenvalue weighted by atomic mass is 10.1. The van der Waals surface area contributed by atoms with Crippen LogP contribution in [-0.4, -0.2) is 22.8 Å². The van der Waals surface area contributed by atoms with Gasteiger partial charge in [0.05, 0.1) is 12.2 Å². The van der Waals surface area contributed by atoms with Crippen molar-refractivity contribution < 1.29 is 9.18 Å². The molecule has 0 saturated carbocycles. The predicted octanol–water partition coefficient (Wildman–Crippen LogP) is 3.28. The molecule has 0 fully saturated rings. The molecule has 0 radical (unpaired) electrons. The van der Waals surface area contributed by atoms with Gasteiger partial charge in [0, 0.05) is 19.3 Å². The first-order valence-corrected chi connectivity index (χ1v) is 6.65. The van der Waals surface area contributed by atoms with Crippen LogP contribution >= 0.6 is 0 Å². The second kappa shape index (κ2) is 6.79. The van der Waals surface area contributed by atoms with Crippen molar-refractivity contribution in [2.45, 2.75) is 13.5 Å². The number of aromatic nitrogens is 1. The highest BCUT2D eigenvalue weighted by molar-refractivity contribution is 5.94. The van der Waals surface area contributed by atoms with Gasteiger partial charge < -0.3 is 4.90 Å². The van der Waals surface area contributed by atoms with E-state index in [2.05, 4.69) is 4.98 Å². The number of rotatable bonds is 4. The van der Waals surface area contributed by atoms with E-state index in [9.17, 15) is 9.18 Å². The number of likely N-dealkylation sites (N-methyl/N-ethyl adjacent to an activating group) is 1. The summed E-state index contributed by atoms with van der Waals surface area (Å²) in [5, 5.41) is 0. The van der Waals surface area contributed by atoms with Gasteiger partial charge >= 0.3 is 0 Å². The van der Waals surface area contributed by atoms with Gasteiger partial charge in [-0.15, -0.1) is 0 Å². The molecule has 0 atom stereocenters. The van der Waals surface area contributed by atoms with Crippen LogP contribution in [0.15, 0.2) is 54.7 Å². The van der Waals surface area contributed by atoms with Gasteiger partial charge in [-0.1, -0.05) is 18.2 Å². The van der Waals surface area contributed by atoms with E-state index in [0.29, 0.717) is 6.54 Å². The number of allylic oxidation sites excluding steroid dienone is 1. The molecule has 1 amide bonds. The molecule has 2 aromatic rings. The Hall–Kier alpha value is -2.49. The maximum Gasteiger partial charge on any atom is 0.246 e. The molecule has 1 aromatic heterocycles. The molecule has 108 valence electrons. The van der Waals surface area contributed by atoms with Crippen molar-refractivity contribution in [2.24, 2.45) is 0 Å². The number of benzene rings is 1. The first-order chi connectivity index (χ1) is 10.1. The Morgan fingerprint density at radius 1 is 1.24 bits per heavy atom. The van der Waals surface area contributed by atoms with Crippen molar-refractivity contribution in [1.29, 1.82) is 0 Å². The average molecular weight is 284 g/mol. The normalized spacial score (nSPS) is 11.3. The van der Waals surface area contributed by atoms with Crippen molar-refractivity contribution in [1.82, 2.24) is 9.88 Å². The van der Waals surface area contributed by atoms with E-state index in [1.807, 2.05) is 25.1 Å². The summed E-state index contributed by atoms with van der Waals surface area (Å²) >= 11 is 0. The number of pyridine rings is 1. The van der Waals surface area contributed by atoms with Crippen molar-refractivity contribution in [3.05, 3.63) is 71.8 Å². The smallest absolute Gasteiger partial charge is 0.246 e. The maximum atomic E-state index is 12.9. The summed E-state index contributed by atoms with van der Waals surface area (Å²) in [6.07, 6.45) is 3.25. The molecule has 0 aliphatic carbocycles.